The van der Waals surface area contributed by atoms with Crippen molar-refractivity contribution in [2.75, 3.05) is 26.7 Å². The lowest BCUT2D eigenvalue weighted by Gasteiger charge is -2.23. The number of piperazine rings is 1. The van der Waals surface area contributed by atoms with Crippen molar-refractivity contribution in [3.05, 3.63) is 0 Å². The van der Waals surface area contributed by atoms with E-state index in [2.05, 4.69) is 15.4 Å². The van der Waals surface area contributed by atoms with Crippen LogP contribution in [0.15, 0.2) is 0 Å². The van der Waals surface area contributed by atoms with E-state index in [1.54, 1.807) is 0 Å². The number of rotatable bonds is 2. The van der Waals surface area contributed by atoms with Gasteiger partial charge < -0.3 is 15.4 Å². The molecule has 0 radical (unpaired) electrons. The molecule has 4 heteroatoms. The molecule has 4 nitrogen and oxygen atoms in total. The molecule has 0 unspecified atom stereocenters. The summed E-state index contributed by atoms with van der Waals surface area (Å²) >= 11 is 0. The van der Waals surface area contributed by atoms with Crippen LogP contribution in [0.1, 0.15) is 6.42 Å². The summed E-state index contributed by atoms with van der Waals surface area (Å²) in [5.41, 5.74) is 0. The minimum Gasteiger partial charge on any atom is -0.469 e. The molecular formula is C7H14N2O2. The van der Waals surface area contributed by atoms with Crippen molar-refractivity contribution in [1.29, 1.82) is 0 Å². The van der Waals surface area contributed by atoms with Gasteiger partial charge in [-0.05, 0) is 0 Å². The highest BCUT2D eigenvalue weighted by Gasteiger charge is 2.15. The Morgan fingerprint density at radius 2 is 2.45 bits per heavy atom. The van der Waals surface area contributed by atoms with Gasteiger partial charge in [0.2, 0.25) is 0 Å². The van der Waals surface area contributed by atoms with Crippen LogP contribution in [0.25, 0.3) is 0 Å². The second-order valence-corrected chi connectivity index (χ2v) is 2.64. The van der Waals surface area contributed by atoms with E-state index in [1.165, 1.54) is 7.11 Å². The summed E-state index contributed by atoms with van der Waals surface area (Å²) in [6.45, 7) is 2.77. The number of esters is 1. The zero-order valence-electron chi connectivity index (χ0n) is 6.72. The molecule has 0 bridgehead atoms. The molecule has 0 aromatic rings. The molecule has 11 heavy (non-hydrogen) atoms. The smallest absolute Gasteiger partial charge is 0.307 e. The third-order valence-corrected chi connectivity index (χ3v) is 1.77. The van der Waals surface area contributed by atoms with Gasteiger partial charge in [0.25, 0.3) is 0 Å². The maximum absolute atomic E-state index is 10.8. The average Bonchev–Trinajstić information content (AvgIpc) is 2.06. The molecule has 1 rings (SSSR count). The predicted octanol–water partition coefficient (Wildman–Crippen LogP) is -0.889. The van der Waals surface area contributed by atoms with Crippen LogP contribution in [0.5, 0.6) is 0 Å². The molecule has 1 atom stereocenters. The molecule has 1 aliphatic heterocycles. The molecule has 2 N–H and O–H groups in total. The van der Waals surface area contributed by atoms with Crippen LogP contribution in [0.4, 0.5) is 0 Å². The van der Waals surface area contributed by atoms with Gasteiger partial charge in [-0.1, -0.05) is 0 Å². The number of ether oxygens (including phenoxy) is 1. The molecule has 0 aliphatic carbocycles. The molecule has 0 saturated carbocycles. The fraction of sp³-hybridized carbons (Fsp3) is 0.857. The molecule has 0 spiro atoms. The Balaban J connectivity index is 2.19. The summed E-state index contributed by atoms with van der Waals surface area (Å²) in [4.78, 5) is 10.8. The standard InChI is InChI=1S/C7H14N2O2/c1-11-7(10)4-6-5-8-2-3-9-6/h6,8-9H,2-5H2,1H3/t6-/m0/s1. The van der Waals surface area contributed by atoms with Gasteiger partial charge in [0.1, 0.15) is 0 Å². The Morgan fingerprint density at radius 1 is 1.64 bits per heavy atom. The Kier molecular flexibility index (Phi) is 3.32. The summed E-state index contributed by atoms with van der Waals surface area (Å²) < 4.78 is 4.55. The van der Waals surface area contributed by atoms with Gasteiger partial charge in [0.15, 0.2) is 0 Å². The third-order valence-electron chi connectivity index (χ3n) is 1.77. The summed E-state index contributed by atoms with van der Waals surface area (Å²) in [6, 6.07) is 0.246. The number of hydrogen-bond donors (Lipinski definition) is 2. The fourth-order valence-electron chi connectivity index (χ4n) is 1.14. The molecule has 0 amide bonds. The molecular weight excluding hydrogens is 144 g/mol. The topological polar surface area (TPSA) is 50.4 Å². The normalized spacial score (nSPS) is 24.6. The summed E-state index contributed by atoms with van der Waals surface area (Å²) in [7, 11) is 1.42. The molecule has 0 aromatic heterocycles. The van der Waals surface area contributed by atoms with E-state index >= 15 is 0 Å². The van der Waals surface area contributed by atoms with Crippen LogP contribution in [0.2, 0.25) is 0 Å². The molecule has 0 aromatic carbocycles. The zero-order chi connectivity index (χ0) is 8.10. The van der Waals surface area contributed by atoms with E-state index in [4.69, 9.17) is 0 Å². The molecule has 1 fully saturated rings. The van der Waals surface area contributed by atoms with Gasteiger partial charge in [-0.3, -0.25) is 4.79 Å². The lowest BCUT2D eigenvalue weighted by atomic mass is 10.2. The van der Waals surface area contributed by atoms with Crippen LogP contribution in [-0.2, 0) is 9.53 Å². The van der Waals surface area contributed by atoms with E-state index in [0.29, 0.717) is 6.42 Å². The van der Waals surface area contributed by atoms with Crippen LogP contribution in [0.3, 0.4) is 0 Å². The van der Waals surface area contributed by atoms with Crippen molar-refractivity contribution in [1.82, 2.24) is 10.6 Å². The van der Waals surface area contributed by atoms with Crippen molar-refractivity contribution >= 4 is 5.97 Å². The Labute approximate surface area is 66.3 Å². The van der Waals surface area contributed by atoms with Crippen molar-refractivity contribution in [3.63, 3.8) is 0 Å². The second kappa shape index (κ2) is 4.31. The van der Waals surface area contributed by atoms with Crippen LogP contribution in [0, 0.1) is 0 Å². The zero-order valence-corrected chi connectivity index (χ0v) is 6.72. The van der Waals surface area contributed by atoms with Gasteiger partial charge in [-0.2, -0.15) is 0 Å². The Morgan fingerprint density at radius 3 is 3.00 bits per heavy atom. The van der Waals surface area contributed by atoms with E-state index in [9.17, 15) is 4.79 Å². The number of methoxy groups -OCH3 is 1. The first-order valence-corrected chi connectivity index (χ1v) is 3.84. The maximum atomic E-state index is 10.8. The molecule has 1 heterocycles. The average molecular weight is 158 g/mol. The number of carbonyl (C=O) groups is 1. The molecule has 1 saturated heterocycles. The van der Waals surface area contributed by atoms with E-state index in [1.807, 2.05) is 0 Å². The fourth-order valence-corrected chi connectivity index (χ4v) is 1.14. The van der Waals surface area contributed by atoms with Crippen molar-refractivity contribution < 1.29 is 9.53 Å². The number of nitrogens with one attached hydrogen (secondary N) is 2. The summed E-state index contributed by atoms with van der Waals surface area (Å²) in [6.07, 6.45) is 0.462. The van der Waals surface area contributed by atoms with Crippen LogP contribution in [-0.4, -0.2) is 38.8 Å². The van der Waals surface area contributed by atoms with E-state index < -0.39 is 0 Å². The number of carbonyl (C=O) groups excluding carboxylic acids is 1. The van der Waals surface area contributed by atoms with Gasteiger partial charge in [-0.25, -0.2) is 0 Å². The maximum Gasteiger partial charge on any atom is 0.307 e. The van der Waals surface area contributed by atoms with Crippen molar-refractivity contribution in [3.8, 4) is 0 Å². The first-order valence-electron chi connectivity index (χ1n) is 3.84. The van der Waals surface area contributed by atoms with E-state index in [0.717, 1.165) is 19.6 Å². The lowest BCUT2D eigenvalue weighted by molar-refractivity contribution is -0.141. The minimum atomic E-state index is -0.147. The third kappa shape index (κ3) is 2.86. The highest BCUT2D eigenvalue weighted by atomic mass is 16.5. The van der Waals surface area contributed by atoms with Crippen LogP contribution < -0.4 is 10.6 Å². The van der Waals surface area contributed by atoms with Crippen LogP contribution >= 0.6 is 0 Å². The van der Waals surface area contributed by atoms with E-state index in [-0.39, 0.29) is 12.0 Å². The van der Waals surface area contributed by atoms with Gasteiger partial charge in [-0.15, -0.1) is 0 Å². The monoisotopic (exact) mass is 158 g/mol. The first kappa shape index (κ1) is 8.49. The van der Waals surface area contributed by atoms with Gasteiger partial charge in [0, 0.05) is 25.7 Å². The Bertz CT molecular complexity index is 132. The van der Waals surface area contributed by atoms with Crippen molar-refractivity contribution in [2.24, 2.45) is 0 Å². The lowest BCUT2D eigenvalue weighted by Crippen LogP contribution is -2.49. The Hall–Kier alpha value is -0.610. The first-order chi connectivity index (χ1) is 5.33. The largest absolute Gasteiger partial charge is 0.469 e. The predicted molar refractivity (Wildman–Crippen MR) is 41.3 cm³/mol. The minimum absolute atomic E-state index is 0.147. The summed E-state index contributed by atoms with van der Waals surface area (Å²) in [5, 5.41) is 6.41. The van der Waals surface area contributed by atoms with Crippen molar-refractivity contribution in [2.45, 2.75) is 12.5 Å². The molecule has 1 aliphatic rings. The quantitative estimate of drug-likeness (QED) is 0.512. The van der Waals surface area contributed by atoms with Gasteiger partial charge in [0.05, 0.1) is 13.5 Å². The molecule has 64 valence electrons. The highest BCUT2D eigenvalue weighted by molar-refractivity contribution is 5.69. The summed E-state index contributed by atoms with van der Waals surface area (Å²) in [5.74, 6) is -0.147. The van der Waals surface area contributed by atoms with Gasteiger partial charge >= 0.3 is 5.97 Å². The second-order valence-electron chi connectivity index (χ2n) is 2.64. The highest BCUT2D eigenvalue weighted by Crippen LogP contribution is 1.95. The number of hydrogen-bond acceptors (Lipinski definition) is 4. The SMILES string of the molecule is COC(=O)C[C@H]1CNCCN1.